The topological polar surface area (TPSA) is 47.9 Å². The molecular weight excluding hydrogens is 214 g/mol. The number of methoxy groups -OCH3 is 2. The maximum absolute atomic E-state index is 10.2. The van der Waals surface area contributed by atoms with Crippen LogP contribution in [-0.4, -0.2) is 26.6 Å². The van der Waals surface area contributed by atoms with E-state index in [1.807, 2.05) is 6.26 Å². The zero-order valence-corrected chi connectivity index (χ0v) is 9.55. The molecule has 15 heavy (non-hydrogen) atoms. The van der Waals surface area contributed by atoms with Gasteiger partial charge < -0.3 is 9.47 Å². The number of carbonyl (C=O) groups excluding carboxylic acids is 1. The Labute approximate surface area is 92.3 Å². The highest BCUT2D eigenvalue weighted by atomic mass is 32.2. The fourth-order valence-corrected chi connectivity index (χ4v) is 1.69. The molecule has 0 radical (unpaired) electrons. The highest BCUT2D eigenvalue weighted by Gasteiger charge is 2.09. The van der Waals surface area contributed by atoms with Crippen LogP contribution in [0.15, 0.2) is 22.0 Å². The first-order valence-electron chi connectivity index (χ1n) is 4.14. The van der Waals surface area contributed by atoms with Crippen molar-refractivity contribution in [3.63, 3.8) is 0 Å². The van der Waals surface area contributed by atoms with Gasteiger partial charge in [-0.1, -0.05) is 0 Å². The van der Waals surface area contributed by atoms with Crippen molar-refractivity contribution >= 4 is 23.5 Å². The molecule has 0 aliphatic heterocycles. The molecule has 0 fully saturated rings. The number of hydrogen-bond acceptors (Lipinski definition) is 5. The van der Waals surface area contributed by atoms with E-state index in [2.05, 4.69) is 4.99 Å². The predicted molar refractivity (Wildman–Crippen MR) is 59.1 cm³/mol. The van der Waals surface area contributed by atoms with Gasteiger partial charge in [0.05, 0.1) is 19.9 Å². The standard InChI is InChI=1S/C10H11NO3S/c1-13-8-4-7(11-6-12)10(15-3)5-9(8)14-2/h4-5H,1-3H3. The van der Waals surface area contributed by atoms with E-state index in [1.165, 1.54) is 25.0 Å². The van der Waals surface area contributed by atoms with Crippen molar-refractivity contribution in [1.82, 2.24) is 0 Å². The normalized spacial score (nSPS) is 9.27. The Balaban J connectivity index is 3.33. The largest absolute Gasteiger partial charge is 0.493 e. The van der Waals surface area contributed by atoms with Crippen molar-refractivity contribution < 1.29 is 14.3 Å². The third kappa shape index (κ3) is 2.52. The second-order valence-corrected chi connectivity index (χ2v) is 3.43. The van der Waals surface area contributed by atoms with Crippen LogP contribution >= 0.6 is 11.8 Å². The Hall–Kier alpha value is -1.45. The summed E-state index contributed by atoms with van der Waals surface area (Å²) >= 11 is 1.48. The van der Waals surface area contributed by atoms with E-state index in [0.29, 0.717) is 17.2 Å². The molecule has 1 rings (SSSR count). The number of thioether (sulfide) groups is 1. The number of nitrogens with zero attached hydrogens (tertiary/aromatic N) is 1. The first kappa shape index (κ1) is 11.6. The van der Waals surface area contributed by atoms with Crippen LogP contribution in [-0.2, 0) is 4.79 Å². The number of isocyanates is 1. The van der Waals surface area contributed by atoms with E-state index in [0.717, 1.165) is 4.90 Å². The molecule has 80 valence electrons. The molecule has 4 nitrogen and oxygen atoms in total. The molecule has 0 N–H and O–H groups in total. The molecule has 0 heterocycles. The van der Waals surface area contributed by atoms with Gasteiger partial charge in [-0.3, -0.25) is 0 Å². The average molecular weight is 225 g/mol. The maximum atomic E-state index is 10.2. The SMILES string of the molecule is COc1cc(N=C=O)c(SC)cc1OC. The molecule has 0 saturated carbocycles. The zero-order valence-electron chi connectivity index (χ0n) is 8.73. The van der Waals surface area contributed by atoms with Crippen molar-refractivity contribution in [2.45, 2.75) is 4.90 Å². The van der Waals surface area contributed by atoms with E-state index >= 15 is 0 Å². The van der Waals surface area contributed by atoms with Crippen LogP contribution in [0.5, 0.6) is 11.5 Å². The van der Waals surface area contributed by atoms with E-state index in [-0.39, 0.29) is 0 Å². The second-order valence-electron chi connectivity index (χ2n) is 2.58. The first-order valence-corrected chi connectivity index (χ1v) is 5.37. The number of hydrogen-bond donors (Lipinski definition) is 0. The van der Waals surface area contributed by atoms with Crippen LogP contribution < -0.4 is 9.47 Å². The van der Waals surface area contributed by atoms with Crippen LogP contribution in [0.1, 0.15) is 0 Å². The molecule has 0 aliphatic carbocycles. The van der Waals surface area contributed by atoms with E-state index in [4.69, 9.17) is 9.47 Å². The molecule has 0 aliphatic rings. The minimum atomic E-state index is 0.537. The van der Waals surface area contributed by atoms with Gasteiger partial charge >= 0.3 is 0 Å². The van der Waals surface area contributed by atoms with Crippen LogP contribution in [0.2, 0.25) is 0 Å². The van der Waals surface area contributed by atoms with Crippen LogP contribution in [0.3, 0.4) is 0 Å². The second kappa shape index (κ2) is 5.44. The molecule has 0 bridgehead atoms. The predicted octanol–water partition coefficient (Wildman–Crippen LogP) is 2.39. The lowest BCUT2D eigenvalue weighted by Crippen LogP contribution is -1.90. The summed E-state index contributed by atoms with van der Waals surface area (Å²) in [7, 11) is 3.09. The minimum absolute atomic E-state index is 0.537. The molecule has 1 aromatic carbocycles. The van der Waals surface area contributed by atoms with E-state index in [9.17, 15) is 4.79 Å². The van der Waals surface area contributed by atoms with Gasteiger partial charge in [-0.05, 0) is 12.3 Å². The smallest absolute Gasteiger partial charge is 0.240 e. The van der Waals surface area contributed by atoms with E-state index < -0.39 is 0 Å². The Morgan fingerprint density at radius 1 is 1.27 bits per heavy atom. The molecule has 5 heteroatoms. The quantitative estimate of drug-likeness (QED) is 0.448. The molecule has 1 aromatic rings. The van der Waals surface area contributed by atoms with Crippen molar-refractivity contribution in [2.24, 2.45) is 4.99 Å². The van der Waals surface area contributed by atoms with Gasteiger partial charge in [0.2, 0.25) is 6.08 Å². The molecule has 0 unspecified atom stereocenters. The summed E-state index contributed by atoms with van der Waals surface area (Å²) in [6, 6.07) is 3.43. The lowest BCUT2D eigenvalue weighted by molar-refractivity contribution is 0.354. The van der Waals surface area contributed by atoms with E-state index in [1.54, 1.807) is 19.2 Å². The Morgan fingerprint density at radius 3 is 2.33 bits per heavy atom. The molecule has 0 amide bonds. The Bertz CT molecular complexity index is 400. The van der Waals surface area contributed by atoms with Crippen LogP contribution in [0.4, 0.5) is 5.69 Å². The van der Waals surface area contributed by atoms with Crippen molar-refractivity contribution in [1.29, 1.82) is 0 Å². The zero-order chi connectivity index (χ0) is 11.3. The van der Waals surface area contributed by atoms with Gasteiger partial charge in [0.15, 0.2) is 11.5 Å². The number of ether oxygens (including phenoxy) is 2. The molecule has 0 aromatic heterocycles. The summed E-state index contributed by atoms with van der Waals surface area (Å²) in [4.78, 5) is 14.7. The third-order valence-corrected chi connectivity index (χ3v) is 2.62. The van der Waals surface area contributed by atoms with Crippen LogP contribution in [0.25, 0.3) is 0 Å². The van der Waals surface area contributed by atoms with Gasteiger partial charge in [0.25, 0.3) is 0 Å². The van der Waals surface area contributed by atoms with Gasteiger partial charge in [0, 0.05) is 11.0 Å². The lowest BCUT2D eigenvalue weighted by Gasteiger charge is -2.10. The highest BCUT2D eigenvalue weighted by Crippen LogP contribution is 2.38. The van der Waals surface area contributed by atoms with Crippen molar-refractivity contribution in [2.75, 3.05) is 20.5 Å². The molecular formula is C10H11NO3S. The highest BCUT2D eigenvalue weighted by molar-refractivity contribution is 7.98. The van der Waals surface area contributed by atoms with Crippen molar-refractivity contribution in [3.8, 4) is 11.5 Å². The van der Waals surface area contributed by atoms with Gasteiger partial charge in [-0.25, -0.2) is 4.79 Å². The summed E-state index contributed by atoms with van der Waals surface area (Å²) < 4.78 is 10.2. The maximum Gasteiger partial charge on any atom is 0.240 e. The first-order chi connectivity index (χ1) is 7.26. The molecule has 0 atom stereocenters. The van der Waals surface area contributed by atoms with Crippen LogP contribution in [0, 0.1) is 0 Å². The Morgan fingerprint density at radius 2 is 1.87 bits per heavy atom. The molecule has 0 spiro atoms. The number of rotatable bonds is 4. The molecule has 0 saturated heterocycles. The summed E-state index contributed by atoms with van der Waals surface area (Å²) in [6.07, 6.45) is 3.41. The summed E-state index contributed by atoms with van der Waals surface area (Å²) in [5, 5.41) is 0. The number of aliphatic imine (C=N–C) groups is 1. The van der Waals surface area contributed by atoms with Gasteiger partial charge in [0.1, 0.15) is 0 Å². The fourth-order valence-electron chi connectivity index (χ4n) is 1.15. The van der Waals surface area contributed by atoms with Gasteiger partial charge in [-0.2, -0.15) is 4.99 Å². The lowest BCUT2D eigenvalue weighted by atomic mass is 10.3. The van der Waals surface area contributed by atoms with Gasteiger partial charge in [-0.15, -0.1) is 11.8 Å². The fraction of sp³-hybridized carbons (Fsp3) is 0.300. The number of benzene rings is 1. The van der Waals surface area contributed by atoms with Crippen molar-refractivity contribution in [3.05, 3.63) is 12.1 Å². The third-order valence-electron chi connectivity index (χ3n) is 1.85. The average Bonchev–Trinajstić information content (AvgIpc) is 2.28. The summed E-state index contributed by atoms with van der Waals surface area (Å²) in [5.41, 5.74) is 0.537. The summed E-state index contributed by atoms with van der Waals surface area (Å²) in [6.45, 7) is 0. The Kier molecular flexibility index (Phi) is 4.21. The minimum Gasteiger partial charge on any atom is -0.493 e. The summed E-state index contributed by atoms with van der Waals surface area (Å²) in [5.74, 6) is 1.16. The monoisotopic (exact) mass is 225 g/mol.